The molecule has 3 saturated heterocycles. The molecule has 4 fully saturated rings. The average Bonchev–Trinajstić information content (AvgIpc) is 3.00. The summed E-state index contributed by atoms with van der Waals surface area (Å²) in [6, 6.07) is 3.12. The number of nitrogens with zero attached hydrogens (tertiary/aromatic N) is 3. The maximum absolute atomic E-state index is 3.76. The van der Waals surface area contributed by atoms with E-state index in [4.69, 9.17) is 0 Å². The minimum atomic E-state index is 0.519. The number of piperazine rings is 1. The van der Waals surface area contributed by atoms with E-state index in [9.17, 15) is 0 Å². The van der Waals surface area contributed by atoms with E-state index in [1.165, 1.54) is 77.8 Å². The molecule has 4 aliphatic rings. The van der Waals surface area contributed by atoms with Crippen molar-refractivity contribution in [2.75, 3.05) is 39.3 Å². The minimum Gasteiger partial charge on any atom is -0.309 e. The van der Waals surface area contributed by atoms with Crippen LogP contribution in [0.15, 0.2) is 0 Å². The molecule has 1 N–H and O–H groups in total. The SMILES string of the molecule is CC(C)N1CCC(N2CCCC2C[C@@H](C)N2CCNC3(CC3)C2)C1. The third-order valence-electron chi connectivity index (χ3n) is 7.31. The van der Waals surface area contributed by atoms with Crippen molar-refractivity contribution in [1.29, 1.82) is 0 Å². The van der Waals surface area contributed by atoms with Crippen molar-refractivity contribution in [1.82, 2.24) is 20.0 Å². The fourth-order valence-corrected chi connectivity index (χ4v) is 5.49. The molecule has 1 saturated carbocycles. The molecular formula is C20H38N4. The lowest BCUT2D eigenvalue weighted by molar-refractivity contribution is 0.0996. The molecule has 24 heavy (non-hydrogen) atoms. The Kier molecular flexibility index (Phi) is 4.94. The Balaban J connectivity index is 1.32. The molecule has 2 unspecified atom stereocenters. The highest BCUT2D eigenvalue weighted by atomic mass is 15.3. The summed E-state index contributed by atoms with van der Waals surface area (Å²) in [6.45, 7) is 14.9. The molecule has 0 radical (unpaired) electrons. The van der Waals surface area contributed by atoms with E-state index in [0.29, 0.717) is 11.6 Å². The summed E-state index contributed by atoms with van der Waals surface area (Å²) in [5.41, 5.74) is 0.519. The van der Waals surface area contributed by atoms with Gasteiger partial charge < -0.3 is 5.32 Å². The predicted octanol–water partition coefficient (Wildman–Crippen LogP) is 2.15. The maximum atomic E-state index is 3.76. The number of likely N-dealkylation sites (tertiary alicyclic amines) is 2. The van der Waals surface area contributed by atoms with Crippen molar-refractivity contribution in [2.24, 2.45) is 0 Å². The van der Waals surface area contributed by atoms with Crippen molar-refractivity contribution < 1.29 is 0 Å². The van der Waals surface area contributed by atoms with E-state index in [1.54, 1.807) is 0 Å². The molecule has 1 spiro atoms. The zero-order valence-corrected chi connectivity index (χ0v) is 16.1. The lowest BCUT2D eigenvalue weighted by Crippen LogP contribution is -2.56. The third-order valence-corrected chi connectivity index (χ3v) is 7.31. The van der Waals surface area contributed by atoms with Gasteiger partial charge in [0, 0.05) is 62.4 Å². The van der Waals surface area contributed by atoms with Gasteiger partial charge in [0.2, 0.25) is 0 Å². The standard InChI is InChI=1S/C20H38N4/c1-16(2)22-11-6-19(14-22)24-10-4-5-18(24)13-17(3)23-12-9-21-20(15-23)7-8-20/h16-19,21H,4-15H2,1-3H3/t17-,18?,19?/m1/s1. The van der Waals surface area contributed by atoms with Gasteiger partial charge in [0.05, 0.1) is 0 Å². The first-order valence-corrected chi connectivity index (χ1v) is 10.6. The van der Waals surface area contributed by atoms with Crippen LogP contribution in [0.2, 0.25) is 0 Å². The van der Waals surface area contributed by atoms with E-state index in [0.717, 1.165) is 18.1 Å². The van der Waals surface area contributed by atoms with Crippen LogP contribution in [-0.4, -0.2) is 83.7 Å². The van der Waals surface area contributed by atoms with Crippen molar-refractivity contribution in [3.63, 3.8) is 0 Å². The Morgan fingerprint density at radius 3 is 2.58 bits per heavy atom. The topological polar surface area (TPSA) is 21.8 Å². The van der Waals surface area contributed by atoms with Crippen LogP contribution in [0, 0.1) is 0 Å². The molecular weight excluding hydrogens is 296 g/mol. The van der Waals surface area contributed by atoms with Crippen LogP contribution in [0.5, 0.6) is 0 Å². The number of hydrogen-bond donors (Lipinski definition) is 1. The molecule has 0 aromatic carbocycles. The monoisotopic (exact) mass is 334 g/mol. The van der Waals surface area contributed by atoms with E-state index in [1.807, 2.05) is 0 Å². The Bertz CT molecular complexity index is 433. The van der Waals surface area contributed by atoms with Crippen LogP contribution >= 0.6 is 0 Å². The van der Waals surface area contributed by atoms with Gasteiger partial charge in [0.15, 0.2) is 0 Å². The van der Waals surface area contributed by atoms with Gasteiger partial charge in [-0.25, -0.2) is 0 Å². The van der Waals surface area contributed by atoms with Gasteiger partial charge in [-0.2, -0.15) is 0 Å². The second-order valence-corrected chi connectivity index (χ2v) is 9.33. The second kappa shape index (κ2) is 6.86. The highest BCUT2D eigenvalue weighted by molar-refractivity contribution is 5.07. The van der Waals surface area contributed by atoms with Crippen LogP contribution in [0.25, 0.3) is 0 Å². The number of nitrogens with one attached hydrogen (secondary N) is 1. The summed E-state index contributed by atoms with van der Waals surface area (Å²) < 4.78 is 0. The molecule has 0 bridgehead atoms. The van der Waals surface area contributed by atoms with Crippen LogP contribution in [0.1, 0.15) is 59.3 Å². The molecule has 4 rings (SSSR count). The Labute approximate surface area is 148 Å². The molecule has 4 heteroatoms. The highest BCUT2D eigenvalue weighted by Crippen LogP contribution is 2.38. The normalized spacial score (nSPS) is 36.0. The predicted molar refractivity (Wildman–Crippen MR) is 100 cm³/mol. The molecule has 0 aromatic rings. The summed E-state index contributed by atoms with van der Waals surface area (Å²) in [7, 11) is 0. The lowest BCUT2D eigenvalue weighted by Gasteiger charge is -2.40. The average molecular weight is 335 g/mol. The van der Waals surface area contributed by atoms with Gasteiger partial charge in [0.25, 0.3) is 0 Å². The van der Waals surface area contributed by atoms with Gasteiger partial charge >= 0.3 is 0 Å². The van der Waals surface area contributed by atoms with Gasteiger partial charge in [-0.1, -0.05) is 0 Å². The fraction of sp³-hybridized carbons (Fsp3) is 1.00. The van der Waals surface area contributed by atoms with Crippen LogP contribution in [-0.2, 0) is 0 Å². The molecule has 4 nitrogen and oxygen atoms in total. The Hall–Kier alpha value is -0.160. The molecule has 1 aliphatic carbocycles. The molecule has 3 aliphatic heterocycles. The number of rotatable bonds is 5. The molecule has 3 atom stereocenters. The first-order valence-electron chi connectivity index (χ1n) is 10.6. The summed E-state index contributed by atoms with van der Waals surface area (Å²) in [6.07, 6.45) is 8.42. The zero-order valence-electron chi connectivity index (χ0n) is 16.1. The molecule has 3 heterocycles. The van der Waals surface area contributed by atoms with E-state index in [2.05, 4.69) is 40.8 Å². The summed E-state index contributed by atoms with van der Waals surface area (Å²) >= 11 is 0. The summed E-state index contributed by atoms with van der Waals surface area (Å²) in [5.74, 6) is 0. The third kappa shape index (κ3) is 3.53. The summed E-state index contributed by atoms with van der Waals surface area (Å²) in [5, 5.41) is 3.76. The maximum Gasteiger partial charge on any atom is 0.0310 e. The Morgan fingerprint density at radius 2 is 1.88 bits per heavy atom. The van der Waals surface area contributed by atoms with Gasteiger partial charge in [-0.05, 0) is 65.8 Å². The van der Waals surface area contributed by atoms with E-state index in [-0.39, 0.29) is 0 Å². The molecule has 0 aromatic heterocycles. The van der Waals surface area contributed by atoms with Crippen LogP contribution < -0.4 is 5.32 Å². The first-order chi connectivity index (χ1) is 11.6. The van der Waals surface area contributed by atoms with Gasteiger partial charge in [-0.3, -0.25) is 14.7 Å². The van der Waals surface area contributed by atoms with Crippen LogP contribution in [0.4, 0.5) is 0 Å². The minimum absolute atomic E-state index is 0.519. The fourth-order valence-electron chi connectivity index (χ4n) is 5.49. The Morgan fingerprint density at radius 1 is 1.04 bits per heavy atom. The number of hydrogen-bond acceptors (Lipinski definition) is 4. The first kappa shape index (κ1) is 17.3. The van der Waals surface area contributed by atoms with E-state index >= 15 is 0 Å². The van der Waals surface area contributed by atoms with Gasteiger partial charge in [0.1, 0.15) is 0 Å². The van der Waals surface area contributed by atoms with Crippen molar-refractivity contribution in [3.05, 3.63) is 0 Å². The second-order valence-electron chi connectivity index (χ2n) is 9.33. The van der Waals surface area contributed by atoms with Gasteiger partial charge in [-0.15, -0.1) is 0 Å². The smallest absolute Gasteiger partial charge is 0.0310 e. The quantitative estimate of drug-likeness (QED) is 0.831. The molecule has 138 valence electrons. The highest BCUT2D eigenvalue weighted by Gasteiger charge is 2.46. The van der Waals surface area contributed by atoms with Crippen molar-refractivity contribution >= 4 is 0 Å². The molecule has 0 amide bonds. The summed E-state index contributed by atoms with van der Waals surface area (Å²) in [4.78, 5) is 8.36. The van der Waals surface area contributed by atoms with E-state index < -0.39 is 0 Å². The van der Waals surface area contributed by atoms with Crippen molar-refractivity contribution in [3.8, 4) is 0 Å². The van der Waals surface area contributed by atoms with Crippen molar-refractivity contribution in [2.45, 2.75) is 89.0 Å². The lowest BCUT2D eigenvalue weighted by atomic mass is 10.0. The van der Waals surface area contributed by atoms with Crippen LogP contribution in [0.3, 0.4) is 0 Å². The largest absolute Gasteiger partial charge is 0.309 e. The zero-order chi connectivity index (χ0) is 16.7.